The van der Waals surface area contributed by atoms with Crippen molar-refractivity contribution in [1.82, 2.24) is 9.78 Å². The van der Waals surface area contributed by atoms with Gasteiger partial charge in [-0.15, -0.1) is 0 Å². The minimum atomic E-state index is -3.36. The fourth-order valence-electron chi connectivity index (χ4n) is 0.829. The van der Waals surface area contributed by atoms with Crippen molar-refractivity contribution in [2.45, 2.75) is 20.1 Å². The first-order chi connectivity index (χ1) is 6.01. The highest BCUT2D eigenvalue weighted by Crippen LogP contribution is 2.02. The number of hydrogen-bond acceptors (Lipinski definition) is 4. The molecule has 1 rings (SSSR count). The van der Waals surface area contributed by atoms with E-state index in [4.69, 9.17) is 0 Å². The molecule has 6 heteroatoms. The molecule has 0 saturated heterocycles. The van der Waals surface area contributed by atoms with Gasteiger partial charge in [0.25, 0.3) is 10.1 Å². The minimum absolute atomic E-state index is 0.0544. The maximum Gasteiger partial charge on any atom is 0.264 e. The third kappa shape index (κ3) is 3.56. The molecule has 0 bridgehead atoms. The normalized spacial score (nSPS) is 11.8. The zero-order valence-electron chi connectivity index (χ0n) is 7.60. The highest BCUT2D eigenvalue weighted by molar-refractivity contribution is 7.85. The van der Waals surface area contributed by atoms with Gasteiger partial charge in [-0.3, -0.25) is 8.86 Å². The molecule has 0 N–H and O–H groups in total. The summed E-state index contributed by atoms with van der Waals surface area (Å²) in [5.41, 5.74) is 0.757. The van der Waals surface area contributed by atoms with Crippen LogP contribution in [-0.2, 0) is 27.5 Å². The van der Waals surface area contributed by atoms with Crippen molar-refractivity contribution in [2.24, 2.45) is 0 Å². The number of nitrogens with zero attached hydrogens (tertiary/aromatic N) is 2. The van der Waals surface area contributed by atoms with Gasteiger partial charge < -0.3 is 0 Å². The van der Waals surface area contributed by atoms with Crippen molar-refractivity contribution in [1.29, 1.82) is 0 Å². The summed E-state index contributed by atoms with van der Waals surface area (Å²) in [6.07, 6.45) is 4.37. The molecule has 0 amide bonds. The summed E-state index contributed by atoms with van der Waals surface area (Å²) in [6.45, 7) is 2.77. The lowest BCUT2D eigenvalue weighted by Gasteiger charge is -1.96. The van der Waals surface area contributed by atoms with Crippen LogP contribution in [-0.4, -0.2) is 24.5 Å². The van der Waals surface area contributed by atoms with Gasteiger partial charge in [-0.05, 0) is 6.92 Å². The monoisotopic (exact) mass is 204 g/mol. The quantitative estimate of drug-likeness (QED) is 0.665. The van der Waals surface area contributed by atoms with Crippen molar-refractivity contribution in [2.75, 3.05) is 6.26 Å². The Bertz CT molecular complexity index is 369. The SMILES string of the molecule is CCn1cc(COS(C)(=O)=O)cn1. The largest absolute Gasteiger partial charge is 0.273 e. The van der Waals surface area contributed by atoms with Crippen LogP contribution in [0.15, 0.2) is 12.4 Å². The molecule has 1 heterocycles. The van der Waals surface area contributed by atoms with Crippen LogP contribution in [0.2, 0.25) is 0 Å². The first kappa shape index (κ1) is 10.2. The van der Waals surface area contributed by atoms with Gasteiger partial charge in [0, 0.05) is 18.3 Å². The van der Waals surface area contributed by atoms with E-state index >= 15 is 0 Å². The molecule has 0 unspecified atom stereocenters. The third-order valence-corrected chi connectivity index (χ3v) is 2.00. The minimum Gasteiger partial charge on any atom is -0.273 e. The number of hydrogen-bond donors (Lipinski definition) is 0. The van der Waals surface area contributed by atoms with Crippen LogP contribution in [0.5, 0.6) is 0 Å². The number of aryl methyl sites for hydroxylation is 1. The molecule has 0 fully saturated rings. The van der Waals surface area contributed by atoms with Gasteiger partial charge in [-0.1, -0.05) is 0 Å². The second kappa shape index (κ2) is 3.89. The third-order valence-electron chi connectivity index (χ3n) is 1.45. The van der Waals surface area contributed by atoms with E-state index in [1.54, 1.807) is 17.1 Å². The van der Waals surface area contributed by atoms with E-state index < -0.39 is 10.1 Å². The predicted octanol–water partition coefficient (Wildman–Crippen LogP) is 0.379. The lowest BCUT2D eigenvalue weighted by Crippen LogP contribution is -2.02. The molecule has 13 heavy (non-hydrogen) atoms. The molecular weight excluding hydrogens is 192 g/mol. The molecule has 0 radical (unpaired) electrons. The van der Waals surface area contributed by atoms with Gasteiger partial charge in [0.2, 0.25) is 0 Å². The van der Waals surface area contributed by atoms with Crippen LogP contribution in [0.25, 0.3) is 0 Å². The fraction of sp³-hybridized carbons (Fsp3) is 0.571. The summed E-state index contributed by atoms with van der Waals surface area (Å²) in [7, 11) is -3.36. The predicted molar refractivity (Wildman–Crippen MR) is 47.5 cm³/mol. The van der Waals surface area contributed by atoms with Crippen LogP contribution in [0.4, 0.5) is 0 Å². The lowest BCUT2D eigenvalue weighted by molar-refractivity contribution is 0.311. The van der Waals surface area contributed by atoms with Crippen LogP contribution in [0.3, 0.4) is 0 Å². The molecule has 74 valence electrons. The lowest BCUT2D eigenvalue weighted by atomic mass is 10.4. The molecule has 0 aliphatic heterocycles. The zero-order chi connectivity index (χ0) is 9.90. The average molecular weight is 204 g/mol. The molecule has 0 saturated carbocycles. The standard InChI is InChI=1S/C7H12N2O3S/c1-3-9-5-7(4-8-9)6-12-13(2,10)11/h4-5H,3,6H2,1-2H3. The number of aromatic nitrogens is 2. The van der Waals surface area contributed by atoms with Gasteiger partial charge in [-0.25, -0.2) is 0 Å². The molecule has 1 aromatic heterocycles. The van der Waals surface area contributed by atoms with Crippen molar-refractivity contribution in [3.63, 3.8) is 0 Å². The summed E-state index contributed by atoms with van der Waals surface area (Å²) in [5.74, 6) is 0. The first-order valence-electron chi connectivity index (χ1n) is 3.87. The van der Waals surface area contributed by atoms with E-state index in [1.165, 1.54) is 0 Å². The van der Waals surface area contributed by atoms with Crippen molar-refractivity contribution in [3.05, 3.63) is 18.0 Å². The fourth-order valence-corrected chi connectivity index (χ4v) is 1.18. The first-order valence-corrected chi connectivity index (χ1v) is 5.68. The van der Waals surface area contributed by atoms with E-state index in [0.717, 1.165) is 18.4 Å². The van der Waals surface area contributed by atoms with E-state index in [0.29, 0.717) is 0 Å². The second-order valence-electron chi connectivity index (χ2n) is 2.67. The van der Waals surface area contributed by atoms with Crippen molar-refractivity contribution < 1.29 is 12.6 Å². The van der Waals surface area contributed by atoms with Crippen LogP contribution >= 0.6 is 0 Å². The molecule has 0 aliphatic carbocycles. The Morgan fingerprint density at radius 2 is 2.31 bits per heavy atom. The van der Waals surface area contributed by atoms with Gasteiger partial charge in [0.15, 0.2) is 0 Å². The van der Waals surface area contributed by atoms with E-state index in [9.17, 15) is 8.42 Å². The summed E-state index contributed by atoms with van der Waals surface area (Å²) < 4.78 is 27.6. The molecule has 5 nitrogen and oxygen atoms in total. The molecule has 0 aliphatic rings. The molecule has 0 aromatic carbocycles. The summed E-state index contributed by atoms with van der Waals surface area (Å²) in [6, 6.07) is 0. The van der Waals surface area contributed by atoms with Gasteiger partial charge in [-0.2, -0.15) is 13.5 Å². The Kier molecular flexibility index (Phi) is 3.05. The maximum atomic E-state index is 10.6. The Morgan fingerprint density at radius 1 is 1.62 bits per heavy atom. The Hall–Kier alpha value is -0.880. The zero-order valence-corrected chi connectivity index (χ0v) is 8.41. The van der Waals surface area contributed by atoms with Gasteiger partial charge >= 0.3 is 0 Å². The van der Waals surface area contributed by atoms with Crippen LogP contribution in [0, 0.1) is 0 Å². The highest BCUT2D eigenvalue weighted by Gasteiger charge is 2.03. The smallest absolute Gasteiger partial charge is 0.264 e. The Morgan fingerprint density at radius 3 is 2.77 bits per heavy atom. The van der Waals surface area contributed by atoms with Crippen LogP contribution in [0.1, 0.15) is 12.5 Å². The molecule has 0 spiro atoms. The molecular formula is C7H12N2O3S. The van der Waals surface area contributed by atoms with E-state index in [2.05, 4.69) is 9.28 Å². The van der Waals surface area contributed by atoms with E-state index in [-0.39, 0.29) is 6.61 Å². The topological polar surface area (TPSA) is 61.2 Å². The number of rotatable bonds is 4. The Labute approximate surface area is 77.4 Å². The molecule has 0 atom stereocenters. The summed E-state index contributed by atoms with van der Waals surface area (Å²) >= 11 is 0. The van der Waals surface area contributed by atoms with E-state index in [1.807, 2.05) is 6.92 Å². The summed E-state index contributed by atoms with van der Waals surface area (Å²) in [4.78, 5) is 0. The highest BCUT2D eigenvalue weighted by atomic mass is 32.2. The second-order valence-corrected chi connectivity index (χ2v) is 4.31. The van der Waals surface area contributed by atoms with Gasteiger partial charge in [0.1, 0.15) is 0 Å². The maximum absolute atomic E-state index is 10.6. The van der Waals surface area contributed by atoms with Crippen LogP contribution < -0.4 is 0 Å². The average Bonchev–Trinajstić information content (AvgIpc) is 2.47. The van der Waals surface area contributed by atoms with Crippen molar-refractivity contribution >= 4 is 10.1 Å². The Balaban J connectivity index is 2.55. The van der Waals surface area contributed by atoms with Crippen molar-refractivity contribution in [3.8, 4) is 0 Å². The molecule has 1 aromatic rings. The summed E-state index contributed by atoms with van der Waals surface area (Å²) in [5, 5.41) is 3.98. The van der Waals surface area contributed by atoms with Gasteiger partial charge in [0.05, 0.1) is 19.1 Å².